The first kappa shape index (κ1) is 17.0. The Labute approximate surface area is 165 Å². The Balaban J connectivity index is 0.00000168. The number of hydrogen-bond donors (Lipinski definition) is 0. The molecule has 5 rings (SSSR count). The zero-order chi connectivity index (χ0) is 17.0. The van der Waals surface area contributed by atoms with Crippen LogP contribution in [0.4, 0.5) is 0 Å². The van der Waals surface area contributed by atoms with Crippen LogP contribution >= 0.6 is 0 Å². The fourth-order valence-electron chi connectivity index (χ4n) is 3.80. The van der Waals surface area contributed by atoms with Crippen molar-refractivity contribution in [1.82, 2.24) is 9.61 Å². The van der Waals surface area contributed by atoms with Crippen molar-refractivity contribution in [2.45, 2.75) is 13.8 Å². The van der Waals surface area contributed by atoms with E-state index in [1.165, 1.54) is 38.4 Å². The maximum atomic E-state index is 4.56. The quantitative estimate of drug-likeness (QED) is 0.207. The number of aromatic nitrogens is 2. The fourth-order valence-corrected chi connectivity index (χ4v) is 3.80. The van der Waals surface area contributed by atoms with Crippen LogP contribution in [0, 0.1) is 19.9 Å². The molecule has 129 valence electrons. The molecule has 3 aromatic carbocycles. The predicted molar refractivity (Wildman–Crippen MR) is 104 cm³/mol. The summed E-state index contributed by atoms with van der Waals surface area (Å²) >= 11 is 0. The van der Waals surface area contributed by atoms with E-state index in [9.17, 15) is 0 Å². The molecule has 0 N–H and O–H groups in total. The van der Waals surface area contributed by atoms with Crippen LogP contribution in [-0.2, 0) is 20.1 Å². The SMILES string of the molecule is Cc1ccc2c(c1)c1c(-c3ccccc3C)cc[c-]c1n1nccc21.[Ir]. The van der Waals surface area contributed by atoms with Crippen molar-refractivity contribution in [3.05, 3.63) is 84.1 Å². The van der Waals surface area contributed by atoms with Crippen molar-refractivity contribution in [3.63, 3.8) is 0 Å². The van der Waals surface area contributed by atoms with Gasteiger partial charge < -0.3 is 0 Å². The standard InChI is InChI=1S/C23H17N2.Ir/c1-15-10-11-18-20(14-15)23-19(17-7-4-3-6-16(17)2)8-5-9-22(23)25-21(18)12-13-24-25;/h3-8,10-14H,1-2H3;/q-1;. The zero-order valence-corrected chi connectivity index (χ0v) is 17.0. The molecule has 0 atom stereocenters. The number of hydrogen-bond acceptors (Lipinski definition) is 1. The van der Waals surface area contributed by atoms with Gasteiger partial charge in [-0.05, 0) is 41.9 Å². The summed E-state index contributed by atoms with van der Waals surface area (Å²) in [4.78, 5) is 0. The van der Waals surface area contributed by atoms with Crippen LogP contribution < -0.4 is 0 Å². The van der Waals surface area contributed by atoms with E-state index in [1.807, 2.05) is 16.8 Å². The molecule has 0 amide bonds. The Morgan fingerprint density at radius 2 is 1.73 bits per heavy atom. The average Bonchev–Trinajstić information content (AvgIpc) is 3.12. The summed E-state index contributed by atoms with van der Waals surface area (Å²) in [5.74, 6) is 0. The smallest absolute Gasteiger partial charge is 0.0711 e. The molecular weight excluding hydrogens is 496 g/mol. The third-order valence-electron chi connectivity index (χ3n) is 4.99. The molecule has 0 saturated carbocycles. The van der Waals surface area contributed by atoms with E-state index >= 15 is 0 Å². The Morgan fingerprint density at radius 3 is 2.58 bits per heavy atom. The number of benzene rings is 3. The van der Waals surface area contributed by atoms with Crippen molar-refractivity contribution in [3.8, 4) is 11.1 Å². The molecule has 26 heavy (non-hydrogen) atoms. The van der Waals surface area contributed by atoms with Gasteiger partial charge in [0.2, 0.25) is 0 Å². The minimum atomic E-state index is 0. The summed E-state index contributed by atoms with van der Waals surface area (Å²) in [7, 11) is 0. The fraction of sp³-hybridized carbons (Fsp3) is 0.0870. The maximum Gasteiger partial charge on any atom is 0.0711 e. The maximum absolute atomic E-state index is 4.56. The van der Waals surface area contributed by atoms with E-state index in [-0.39, 0.29) is 20.1 Å². The van der Waals surface area contributed by atoms with Gasteiger partial charge in [-0.15, -0.1) is 5.56 Å². The number of aryl methyl sites for hydroxylation is 2. The average molecular weight is 514 g/mol. The largest absolute Gasteiger partial charge is 0.257 e. The second-order valence-electron chi connectivity index (χ2n) is 6.61. The molecular formula is C23H17IrN2-. The van der Waals surface area contributed by atoms with E-state index in [2.05, 4.69) is 79.6 Å². The first-order valence-corrected chi connectivity index (χ1v) is 8.50. The normalized spacial score (nSPS) is 11.2. The first-order chi connectivity index (χ1) is 12.2. The zero-order valence-electron chi connectivity index (χ0n) is 14.6. The van der Waals surface area contributed by atoms with Gasteiger partial charge in [0.25, 0.3) is 0 Å². The van der Waals surface area contributed by atoms with Crippen LogP contribution in [-0.4, -0.2) is 9.61 Å². The Bertz CT molecular complexity index is 1270. The van der Waals surface area contributed by atoms with Gasteiger partial charge in [0.1, 0.15) is 0 Å². The predicted octanol–water partition coefficient (Wildman–Crippen LogP) is 5.72. The van der Waals surface area contributed by atoms with Gasteiger partial charge in [0, 0.05) is 26.3 Å². The summed E-state index contributed by atoms with van der Waals surface area (Å²) in [6.45, 7) is 4.31. The minimum Gasteiger partial charge on any atom is -0.257 e. The van der Waals surface area contributed by atoms with Crippen molar-refractivity contribution < 1.29 is 20.1 Å². The summed E-state index contributed by atoms with van der Waals surface area (Å²) in [6.07, 6.45) is 1.86. The van der Waals surface area contributed by atoms with E-state index in [4.69, 9.17) is 0 Å². The Kier molecular flexibility index (Phi) is 4.14. The summed E-state index contributed by atoms with van der Waals surface area (Å²) in [6, 6.07) is 24.9. The molecule has 0 aliphatic carbocycles. The van der Waals surface area contributed by atoms with Gasteiger partial charge >= 0.3 is 0 Å². The molecule has 0 aliphatic rings. The summed E-state index contributed by atoms with van der Waals surface area (Å²) in [5.41, 5.74) is 7.18. The van der Waals surface area contributed by atoms with E-state index in [0.29, 0.717) is 0 Å². The molecule has 0 saturated heterocycles. The van der Waals surface area contributed by atoms with Crippen molar-refractivity contribution in [2.75, 3.05) is 0 Å². The third-order valence-corrected chi connectivity index (χ3v) is 4.99. The third kappa shape index (κ3) is 2.39. The second-order valence-corrected chi connectivity index (χ2v) is 6.61. The molecule has 2 aromatic heterocycles. The minimum absolute atomic E-state index is 0. The van der Waals surface area contributed by atoms with Crippen molar-refractivity contribution in [2.24, 2.45) is 0 Å². The van der Waals surface area contributed by atoms with Gasteiger partial charge in [0.15, 0.2) is 0 Å². The van der Waals surface area contributed by atoms with Crippen LogP contribution in [0.15, 0.2) is 66.9 Å². The topological polar surface area (TPSA) is 17.3 Å². The second kappa shape index (κ2) is 6.35. The van der Waals surface area contributed by atoms with E-state index in [1.54, 1.807) is 0 Å². The molecule has 2 heterocycles. The number of nitrogens with zero attached hydrogens (tertiary/aromatic N) is 2. The van der Waals surface area contributed by atoms with Crippen molar-refractivity contribution in [1.29, 1.82) is 0 Å². The molecule has 0 unspecified atom stereocenters. The van der Waals surface area contributed by atoms with E-state index in [0.717, 1.165) is 11.0 Å². The van der Waals surface area contributed by atoms with Crippen LogP contribution in [0.1, 0.15) is 11.1 Å². The molecule has 3 heteroatoms. The number of fused-ring (bicyclic) bond motifs is 6. The first-order valence-electron chi connectivity index (χ1n) is 8.50. The van der Waals surface area contributed by atoms with Gasteiger partial charge in [-0.1, -0.05) is 58.8 Å². The monoisotopic (exact) mass is 514 g/mol. The summed E-state index contributed by atoms with van der Waals surface area (Å²) in [5, 5.41) is 8.27. The van der Waals surface area contributed by atoms with Crippen molar-refractivity contribution >= 4 is 27.2 Å². The molecule has 0 fully saturated rings. The van der Waals surface area contributed by atoms with Crippen LogP contribution in [0.25, 0.3) is 38.3 Å². The molecule has 0 bridgehead atoms. The Hall–Kier alpha value is -2.48. The van der Waals surface area contributed by atoms with Gasteiger partial charge in [0.05, 0.1) is 5.52 Å². The molecule has 5 aromatic rings. The summed E-state index contributed by atoms with van der Waals surface area (Å²) < 4.78 is 2.01. The molecule has 0 aliphatic heterocycles. The molecule has 0 spiro atoms. The van der Waals surface area contributed by atoms with E-state index < -0.39 is 0 Å². The Morgan fingerprint density at radius 1 is 0.885 bits per heavy atom. The van der Waals surface area contributed by atoms with Gasteiger partial charge in [-0.2, -0.15) is 23.3 Å². The molecule has 1 radical (unpaired) electrons. The number of pyridine rings is 1. The van der Waals surface area contributed by atoms with Gasteiger partial charge in [-0.3, -0.25) is 4.52 Å². The molecule has 2 nitrogen and oxygen atoms in total. The van der Waals surface area contributed by atoms with Gasteiger partial charge in [-0.25, -0.2) is 0 Å². The van der Waals surface area contributed by atoms with Crippen LogP contribution in [0.3, 0.4) is 0 Å². The van der Waals surface area contributed by atoms with Crippen LogP contribution in [0.5, 0.6) is 0 Å². The van der Waals surface area contributed by atoms with Crippen LogP contribution in [0.2, 0.25) is 0 Å². The number of rotatable bonds is 1.